The van der Waals surface area contributed by atoms with Gasteiger partial charge in [-0.05, 0) is 66.2 Å². The summed E-state index contributed by atoms with van der Waals surface area (Å²) in [5.41, 5.74) is 3.67. The van der Waals surface area contributed by atoms with Gasteiger partial charge in [-0.25, -0.2) is 0 Å². The maximum Gasteiger partial charge on any atom is 0.0738 e. The van der Waals surface area contributed by atoms with E-state index in [0.29, 0.717) is 5.92 Å². The monoisotopic (exact) mass is 432 g/mol. The average Bonchev–Trinajstić information content (AvgIpc) is 2.76. The number of rotatable bonds is 6. The minimum Gasteiger partial charge on any atom is -0.268 e. The van der Waals surface area contributed by atoms with Gasteiger partial charge < -0.3 is 0 Å². The van der Waals surface area contributed by atoms with Gasteiger partial charge in [0.15, 0.2) is 0 Å². The number of benzene rings is 1. The number of halogens is 3. The van der Waals surface area contributed by atoms with Crippen LogP contribution in [0.3, 0.4) is 0 Å². The summed E-state index contributed by atoms with van der Waals surface area (Å²) in [5, 5.41) is 6.33. The molecule has 0 fully saturated rings. The predicted molar refractivity (Wildman–Crippen MR) is 96.5 cm³/mol. The maximum atomic E-state index is 5.95. The van der Waals surface area contributed by atoms with Crippen LogP contribution in [0.1, 0.15) is 23.9 Å². The van der Waals surface area contributed by atoms with E-state index in [1.54, 1.807) is 0 Å². The largest absolute Gasteiger partial charge is 0.268 e. The molecule has 5 heteroatoms. The van der Waals surface area contributed by atoms with E-state index in [4.69, 9.17) is 11.6 Å². The van der Waals surface area contributed by atoms with Crippen LogP contribution in [-0.2, 0) is 19.4 Å². The highest BCUT2D eigenvalue weighted by atomic mass is 79.9. The minimum atomic E-state index is 0.531. The van der Waals surface area contributed by atoms with E-state index in [1.165, 1.54) is 11.3 Å². The van der Waals surface area contributed by atoms with E-state index < -0.39 is 0 Å². The highest BCUT2D eigenvalue weighted by molar-refractivity contribution is 9.10. The molecule has 0 aliphatic heterocycles. The molecular formula is C16H19Br2ClN2. The summed E-state index contributed by atoms with van der Waals surface area (Å²) >= 11 is 13.3. The molecule has 0 N–H and O–H groups in total. The van der Waals surface area contributed by atoms with E-state index in [0.717, 1.165) is 39.9 Å². The quantitative estimate of drug-likeness (QED) is 0.555. The van der Waals surface area contributed by atoms with Crippen molar-refractivity contribution in [3.8, 4) is 0 Å². The molecule has 21 heavy (non-hydrogen) atoms. The van der Waals surface area contributed by atoms with Crippen molar-refractivity contribution >= 4 is 43.5 Å². The van der Waals surface area contributed by atoms with Gasteiger partial charge in [0.2, 0.25) is 0 Å². The van der Waals surface area contributed by atoms with E-state index in [1.807, 2.05) is 19.1 Å². The summed E-state index contributed by atoms with van der Waals surface area (Å²) in [6.45, 7) is 5.07. The van der Waals surface area contributed by atoms with Crippen molar-refractivity contribution < 1.29 is 0 Å². The zero-order valence-electron chi connectivity index (χ0n) is 12.2. The highest BCUT2D eigenvalue weighted by Crippen LogP contribution is 2.26. The molecular weight excluding hydrogens is 415 g/mol. The molecule has 0 spiro atoms. The molecule has 0 saturated heterocycles. The molecule has 0 radical (unpaired) electrons. The van der Waals surface area contributed by atoms with Crippen molar-refractivity contribution in [2.45, 2.75) is 33.2 Å². The van der Waals surface area contributed by atoms with Crippen LogP contribution in [0, 0.1) is 12.8 Å². The van der Waals surface area contributed by atoms with Crippen molar-refractivity contribution in [2.24, 2.45) is 5.92 Å². The lowest BCUT2D eigenvalue weighted by Gasteiger charge is -2.15. The topological polar surface area (TPSA) is 17.8 Å². The molecule has 0 bridgehead atoms. The van der Waals surface area contributed by atoms with Gasteiger partial charge in [0.05, 0.1) is 15.9 Å². The lowest BCUT2D eigenvalue weighted by molar-refractivity contribution is 0.535. The molecule has 2 aromatic rings. The van der Waals surface area contributed by atoms with Crippen molar-refractivity contribution in [1.82, 2.24) is 9.78 Å². The zero-order valence-corrected chi connectivity index (χ0v) is 16.2. The molecule has 1 heterocycles. The van der Waals surface area contributed by atoms with Crippen LogP contribution in [-0.4, -0.2) is 15.1 Å². The third kappa shape index (κ3) is 4.33. The minimum absolute atomic E-state index is 0.531. The Kier molecular flexibility index (Phi) is 6.33. The molecule has 1 aromatic carbocycles. The first kappa shape index (κ1) is 17.0. The van der Waals surface area contributed by atoms with Crippen LogP contribution in [0.2, 0.25) is 5.02 Å². The summed E-state index contributed by atoms with van der Waals surface area (Å²) in [5.74, 6) is 0.531. The molecule has 1 atom stereocenters. The van der Waals surface area contributed by atoms with Crippen molar-refractivity contribution in [3.05, 3.63) is 50.7 Å². The number of nitrogens with zero attached hydrogens (tertiary/aromatic N) is 2. The van der Waals surface area contributed by atoms with Crippen molar-refractivity contribution in [1.29, 1.82) is 0 Å². The smallest absolute Gasteiger partial charge is 0.0738 e. The van der Waals surface area contributed by atoms with E-state index in [2.05, 4.69) is 60.7 Å². The van der Waals surface area contributed by atoms with Gasteiger partial charge in [-0.15, -0.1) is 0 Å². The van der Waals surface area contributed by atoms with Gasteiger partial charge in [0.25, 0.3) is 0 Å². The SMILES string of the molecule is CCn1nc(C)c(Br)c1CC(CBr)Cc1ccc(Cl)cc1. The highest BCUT2D eigenvalue weighted by Gasteiger charge is 2.17. The lowest BCUT2D eigenvalue weighted by Crippen LogP contribution is -2.14. The maximum absolute atomic E-state index is 5.95. The van der Waals surface area contributed by atoms with Crippen LogP contribution in [0.15, 0.2) is 28.7 Å². The Bertz CT molecular complexity index is 593. The Balaban J connectivity index is 2.14. The second-order valence-electron chi connectivity index (χ2n) is 5.22. The van der Waals surface area contributed by atoms with Crippen molar-refractivity contribution in [3.63, 3.8) is 0 Å². The molecule has 0 saturated carbocycles. The van der Waals surface area contributed by atoms with Gasteiger partial charge in [-0.3, -0.25) is 4.68 Å². The van der Waals surface area contributed by atoms with E-state index >= 15 is 0 Å². The Morgan fingerprint density at radius 1 is 1.24 bits per heavy atom. The number of alkyl halides is 1. The van der Waals surface area contributed by atoms with E-state index in [9.17, 15) is 0 Å². The first-order chi connectivity index (χ1) is 10.0. The van der Waals surface area contributed by atoms with Crippen LogP contribution in [0.4, 0.5) is 0 Å². The predicted octanol–water partition coefficient (Wildman–Crippen LogP) is 5.42. The second kappa shape index (κ2) is 7.80. The standard InChI is InChI=1S/C16H19Br2ClN2/c1-3-21-15(16(18)11(2)20-21)9-13(10-17)8-12-4-6-14(19)7-5-12/h4-7,13H,3,8-10H2,1-2H3. The average molecular weight is 435 g/mol. The molecule has 114 valence electrons. The molecule has 1 aromatic heterocycles. The van der Waals surface area contributed by atoms with Crippen LogP contribution >= 0.6 is 43.5 Å². The zero-order chi connectivity index (χ0) is 15.4. The molecule has 0 aliphatic carbocycles. The normalized spacial score (nSPS) is 12.6. The van der Waals surface area contributed by atoms with Gasteiger partial charge in [0.1, 0.15) is 0 Å². The fraction of sp³-hybridized carbons (Fsp3) is 0.438. The van der Waals surface area contributed by atoms with Crippen LogP contribution < -0.4 is 0 Å². The first-order valence-electron chi connectivity index (χ1n) is 7.07. The van der Waals surface area contributed by atoms with Crippen LogP contribution in [0.25, 0.3) is 0 Å². The molecule has 1 unspecified atom stereocenters. The Morgan fingerprint density at radius 2 is 1.90 bits per heavy atom. The second-order valence-corrected chi connectivity index (χ2v) is 7.09. The third-order valence-corrected chi connectivity index (χ3v) is 5.79. The fourth-order valence-corrected chi connectivity index (χ4v) is 3.50. The van der Waals surface area contributed by atoms with Gasteiger partial charge in [-0.1, -0.05) is 39.7 Å². The molecule has 0 amide bonds. The summed E-state index contributed by atoms with van der Waals surface area (Å²) in [6, 6.07) is 8.13. The summed E-state index contributed by atoms with van der Waals surface area (Å²) in [7, 11) is 0. The fourth-order valence-electron chi connectivity index (χ4n) is 2.47. The van der Waals surface area contributed by atoms with Gasteiger partial charge in [0, 0.05) is 16.9 Å². The van der Waals surface area contributed by atoms with E-state index in [-0.39, 0.29) is 0 Å². The number of hydrogen-bond donors (Lipinski definition) is 0. The molecule has 2 rings (SSSR count). The lowest BCUT2D eigenvalue weighted by atomic mass is 9.96. The Hall–Kier alpha value is -0.320. The summed E-state index contributed by atoms with van der Waals surface area (Å²) in [4.78, 5) is 0. The summed E-state index contributed by atoms with van der Waals surface area (Å²) < 4.78 is 3.24. The molecule has 0 aliphatic rings. The Labute approximate surface area is 148 Å². The Morgan fingerprint density at radius 3 is 2.48 bits per heavy atom. The third-order valence-electron chi connectivity index (χ3n) is 3.59. The van der Waals surface area contributed by atoms with Crippen LogP contribution in [0.5, 0.6) is 0 Å². The molecule has 2 nitrogen and oxygen atoms in total. The number of hydrogen-bond acceptors (Lipinski definition) is 1. The number of aromatic nitrogens is 2. The van der Waals surface area contributed by atoms with Gasteiger partial charge in [-0.2, -0.15) is 5.10 Å². The van der Waals surface area contributed by atoms with Gasteiger partial charge >= 0.3 is 0 Å². The summed E-state index contributed by atoms with van der Waals surface area (Å²) in [6.07, 6.45) is 2.03. The first-order valence-corrected chi connectivity index (χ1v) is 9.36. The number of aryl methyl sites for hydroxylation is 2. The van der Waals surface area contributed by atoms with Crippen molar-refractivity contribution in [2.75, 3.05) is 5.33 Å².